The van der Waals surface area contributed by atoms with Crippen molar-refractivity contribution in [3.63, 3.8) is 0 Å². The lowest BCUT2D eigenvalue weighted by atomic mass is 9.71. The molecular formula is C23H24ClNO5. The number of rotatable bonds is 3. The molecular weight excluding hydrogens is 406 g/mol. The first-order valence-corrected chi connectivity index (χ1v) is 9.65. The lowest BCUT2D eigenvalue weighted by Gasteiger charge is -2.50. The van der Waals surface area contributed by atoms with Gasteiger partial charge in [0.2, 0.25) is 0 Å². The molecule has 1 unspecified atom stereocenters. The minimum atomic E-state index is -0.717. The van der Waals surface area contributed by atoms with Gasteiger partial charge in [0.15, 0.2) is 11.5 Å². The van der Waals surface area contributed by atoms with Crippen molar-refractivity contribution in [1.82, 2.24) is 4.98 Å². The number of pyridine rings is 1. The smallest absolute Gasteiger partial charge is 0.345 e. The van der Waals surface area contributed by atoms with Crippen LogP contribution in [0.5, 0.6) is 0 Å². The number of nitrogens with zero attached hydrogens (tertiary/aromatic N) is 1. The molecule has 0 N–H and O–H groups in total. The van der Waals surface area contributed by atoms with E-state index in [1.165, 1.54) is 13.1 Å². The Morgan fingerprint density at radius 3 is 2.73 bits per heavy atom. The van der Waals surface area contributed by atoms with Gasteiger partial charge in [0.05, 0.1) is 11.2 Å². The van der Waals surface area contributed by atoms with Gasteiger partial charge in [-0.2, -0.15) is 0 Å². The van der Waals surface area contributed by atoms with Crippen molar-refractivity contribution in [3.8, 4) is 0 Å². The first-order valence-electron chi connectivity index (χ1n) is 9.65. The van der Waals surface area contributed by atoms with Gasteiger partial charge in [-0.1, -0.05) is 18.2 Å². The number of hydrogen-bond donors (Lipinski definition) is 0. The molecule has 30 heavy (non-hydrogen) atoms. The zero-order valence-electron chi connectivity index (χ0n) is 17.1. The second-order valence-electron chi connectivity index (χ2n) is 7.98. The van der Waals surface area contributed by atoms with E-state index in [2.05, 4.69) is 18.8 Å². The number of ether oxygens (including phenoxy) is 3. The Hall–Kier alpha value is -2.70. The van der Waals surface area contributed by atoms with Crippen molar-refractivity contribution in [2.45, 2.75) is 51.2 Å². The summed E-state index contributed by atoms with van der Waals surface area (Å²) in [5.41, 5.74) is 0.987. The maximum Gasteiger partial charge on any atom is 0.345 e. The number of carbonyl (C=O) groups excluding carboxylic acids is 2. The molecule has 7 heteroatoms. The summed E-state index contributed by atoms with van der Waals surface area (Å²) in [4.78, 5) is 28.5. The Kier molecular flexibility index (Phi) is 6.01. The third-order valence-electron chi connectivity index (χ3n) is 5.33. The van der Waals surface area contributed by atoms with Crippen molar-refractivity contribution in [1.29, 1.82) is 0 Å². The van der Waals surface area contributed by atoms with Crippen molar-refractivity contribution in [3.05, 3.63) is 77.1 Å². The average molecular weight is 430 g/mol. The van der Waals surface area contributed by atoms with Crippen LogP contribution in [0.2, 0.25) is 0 Å². The predicted octanol–water partition coefficient (Wildman–Crippen LogP) is 4.59. The number of halogens is 1. The molecule has 0 saturated carbocycles. The van der Waals surface area contributed by atoms with E-state index in [4.69, 9.17) is 14.2 Å². The molecule has 1 saturated heterocycles. The molecule has 4 rings (SSSR count). The van der Waals surface area contributed by atoms with Crippen LogP contribution in [0.15, 0.2) is 71.5 Å². The van der Waals surface area contributed by atoms with Crippen molar-refractivity contribution < 1.29 is 23.8 Å². The molecule has 1 atom stereocenters. The SMILES string of the molecule is CC(=O)OC1=C2CCC(C)(C)OC23CC=CC=C3C=C1OC(=O)c1cccnc1.Cl. The third-order valence-corrected chi connectivity index (χ3v) is 5.33. The maximum atomic E-state index is 12.6. The largest absolute Gasteiger partial charge is 0.423 e. The first-order chi connectivity index (χ1) is 13.8. The quantitative estimate of drug-likeness (QED) is 0.654. The number of carbonyl (C=O) groups is 2. The summed E-state index contributed by atoms with van der Waals surface area (Å²) < 4.78 is 17.8. The topological polar surface area (TPSA) is 74.7 Å². The van der Waals surface area contributed by atoms with E-state index in [1.54, 1.807) is 24.4 Å². The first kappa shape index (κ1) is 22.0. The van der Waals surface area contributed by atoms with Gasteiger partial charge in [-0.05, 0) is 50.5 Å². The van der Waals surface area contributed by atoms with Gasteiger partial charge in [-0.3, -0.25) is 9.78 Å². The van der Waals surface area contributed by atoms with E-state index in [9.17, 15) is 9.59 Å². The Morgan fingerprint density at radius 2 is 2.03 bits per heavy atom. The Bertz CT molecular complexity index is 990. The highest BCUT2D eigenvalue weighted by Gasteiger charge is 2.51. The number of esters is 2. The van der Waals surface area contributed by atoms with E-state index in [1.807, 2.05) is 18.2 Å². The van der Waals surface area contributed by atoms with Crippen LogP contribution in [0.1, 0.15) is 50.4 Å². The molecule has 3 aliphatic rings. The van der Waals surface area contributed by atoms with Crippen LogP contribution in [0, 0.1) is 0 Å². The minimum Gasteiger partial charge on any atom is -0.423 e. The normalized spacial score (nSPS) is 23.8. The second-order valence-corrected chi connectivity index (χ2v) is 7.98. The zero-order chi connectivity index (χ0) is 20.6. The summed E-state index contributed by atoms with van der Waals surface area (Å²) in [5.74, 6) is -0.553. The second kappa shape index (κ2) is 8.20. The van der Waals surface area contributed by atoms with E-state index >= 15 is 0 Å². The Labute approximate surface area is 181 Å². The van der Waals surface area contributed by atoms with Gasteiger partial charge in [-0.15, -0.1) is 12.4 Å². The molecule has 0 bridgehead atoms. The molecule has 1 aliphatic heterocycles. The Balaban J connectivity index is 0.00000256. The fraction of sp³-hybridized carbons (Fsp3) is 0.348. The Morgan fingerprint density at radius 1 is 1.23 bits per heavy atom. The van der Waals surface area contributed by atoms with Gasteiger partial charge >= 0.3 is 11.9 Å². The van der Waals surface area contributed by atoms with Gasteiger partial charge in [0.25, 0.3) is 0 Å². The summed E-state index contributed by atoms with van der Waals surface area (Å²) >= 11 is 0. The maximum absolute atomic E-state index is 12.6. The summed E-state index contributed by atoms with van der Waals surface area (Å²) in [6, 6.07) is 3.28. The van der Waals surface area contributed by atoms with Crippen molar-refractivity contribution >= 4 is 24.3 Å². The summed E-state index contributed by atoms with van der Waals surface area (Å²) in [7, 11) is 0. The molecule has 158 valence electrons. The van der Waals surface area contributed by atoms with Crippen LogP contribution in [-0.4, -0.2) is 28.1 Å². The van der Waals surface area contributed by atoms with Gasteiger partial charge < -0.3 is 14.2 Å². The molecule has 0 amide bonds. The van der Waals surface area contributed by atoms with E-state index in [0.29, 0.717) is 18.4 Å². The van der Waals surface area contributed by atoms with Crippen LogP contribution < -0.4 is 0 Å². The van der Waals surface area contributed by atoms with E-state index < -0.39 is 17.5 Å². The minimum absolute atomic E-state index is 0. The molecule has 2 aliphatic carbocycles. The lowest BCUT2D eigenvalue weighted by Crippen LogP contribution is -2.50. The molecule has 2 heterocycles. The fourth-order valence-electron chi connectivity index (χ4n) is 4.06. The van der Waals surface area contributed by atoms with Gasteiger partial charge in [-0.25, -0.2) is 4.79 Å². The van der Waals surface area contributed by atoms with Gasteiger partial charge in [0.1, 0.15) is 5.60 Å². The molecule has 0 aromatic carbocycles. The molecule has 6 nitrogen and oxygen atoms in total. The van der Waals surface area contributed by atoms with Crippen LogP contribution in [-0.2, 0) is 19.0 Å². The third kappa shape index (κ3) is 3.98. The summed E-state index contributed by atoms with van der Waals surface area (Å²) in [6.07, 6.45) is 12.8. The number of aromatic nitrogens is 1. The van der Waals surface area contributed by atoms with Crippen LogP contribution in [0.3, 0.4) is 0 Å². The van der Waals surface area contributed by atoms with Crippen LogP contribution >= 0.6 is 12.4 Å². The molecule has 0 radical (unpaired) electrons. The highest BCUT2D eigenvalue weighted by Crippen LogP contribution is 2.52. The molecule has 1 spiro atoms. The molecule has 1 aromatic rings. The van der Waals surface area contributed by atoms with Crippen molar-refractivity contribution in [2.75, 3.05) is 0 Å². The van der Waals surface area contributed by atoms with Crippen LogP contribution in [0.25, 0.3) is 0 Å². The zero-order valence-corrected chi connectivity index (χ0v) is 18.0. The summed E-state index contributed by atoms with van der Waals surface area (Å²) in [5, 5.41) is 0. The van der Waals surface area contributed by atoms with E-state index in [0.717, 1.165) is 17.6 Å². The monoisotopic (exact) mass is 429 g/mol. The lowest BCUT2D eigenvalue weighted by molar-refractivity contribution is -0.140. The van der Waals surface area contributed by atoms with E-state index in [-0.39, 0.29) is 29.5 Å². The number of allylic oxidation sites excluding steroid dienone is 2. The molecule has 1 aromatic heterocycles. The van der Waals surface area contributed by atoms with Crippen molar-refractivity contribution in [2.24, 2.45) is 0 Å². The highest BCUT2D eigenvalue weighted by atomic mass is 35.5. The average Bonchev–Trinajstić information content (AvgIpc) is 2.67. The van der Waals surface area contributed by atoms with Gasteiger partial charge in [0, 0.05) is 31.3 Å². The highest BCUT2D eigenvalue weighted by molar-refractivity contribution is 5.90. The summed E-state index contributed by atoms with van der Waals surface area (Å²) in [6.45, 7) is 5.45. The molecule has 1 fully saturated rings. The number of hydrogen-bond acceptors (Lipinski definition) is 6. The predicted molar refractivity (Wildman–Crippen MR) is 113 cm³/mol. The standard InChI is InChI=1S/C23H23NO5.ClH/c1-15(25)27-20-18-9-11-22(2,3)29-23(18)10-5-4-8-17(23)13-19(20)28-21(26)16-7-6-12-24-14-16;/h4-8,12-14H,9-11H2,1-3H3;1H. The van der Waals surface area contributed by atoms with Crippen LogP contribution in [0.4, 0.5) is 0 Å². The fourth-order valence-corrected chi connectivity index (χ4v) is 4.06.